The highest BCUT2D eigenvalue weighted by Gasteiger charge is 2.13. The van der Waals surface area contributed by atoms with Crippen molar-refractivity contribution in [1.82, 2.24) is 15.0 Å². The summed E-state index contributed by atoms with van der Waals surface area (Å²) in [5, 5.41) is 3.35. The minimum absolute atomic E-state index is 0.336. The van der Waals surface area contributed by atoms with Gasteiger partial charge in [-0.05, 0) is 37.1 Å². The van der Waals surface area contributed by atoms with E-state index in [2.05, 4.69) is 63.3 Å². The molecule has 1 aromatic carbocycles. The van der Waals surface area contributed by atoms with Crippen LogP contribution < -0.4 is 10.2 Å². The minimum Gasteiger partial charge on any atom is -0.366 e. The maximum absolute atomic E-state index is 4.48. The molecular formula is C20H23N5. The predicted octanol–water partition coefficient (Wildman–Crippen LogP) is 3.90. The number of hydrogen-bond acceptors (Lipinski definition) is 5. The van der Waals surface area contributed by atoms with Crippen LogP contribution in [0.2, 0.25) is 0 Å². The molecule has 0 fully saturated rings. The van der Waals surface area contributed by atoms with E-state index in [0.29, 0.717) is 12.6 Å². The molecule has 1 N–H and O–H groups in total. The van der Waals surface area contributed by atoms with E-state index in [0.717, 1.165) is 18.2 Å². The van der Waals surface area contributed by atoms with Crippen molar-refractivity contribution in [3.05, 3.63) is 78.4 Å². The summed E-state index contributed by atoms with van der Waals surface area (Å²) < 4.78 is 0. The van der Waals surface area contributed by atoms with Crippen LogP contribution in [-0.2, 0) is 13.1 Å². The quantitative estimate of drug-likeness (QED) is 0.711. The van der Waals surface area contributed by atoms with Gasteiger partial charge in [-0.3, -0.25) is 4.98 Å². The van der Waals surface area contributed by atoms with Gasteiger partial charge in [0.2, 0.25) is 0 Å². The molecule has 2 aromatic heterocycles. The Hall–Kier alpha value is -2.95. The summed E-state index contributed by atoms with van der Waals surface area (Å²) >= 11 is 0. The molecule has 0 bridgehead atoms. The average molecular weight is 333 g/mol. The van der Waals surface area contributed by atoms with E-state index in [4.69, 9.17) is 0 Å². The van der Waals surface area contributed by atoms with Crippen molar-refractivity contribution in [3.63, 3.8) is 0 Å². The first kappa shape index (κ1) is 16.9. The molecule has 3 rings (SSSR count). The second kappa shape index (κ2) is 8.24. The average Bonchev–Trinajstić information content (AvgIpc) is 2.66. The third-order valence-electron chi connectivity index (χ3n) is 3.99. The smallest absolute Gasteiger partial charge is 0.134 e. The van der Waals surface area contributed by atoms with Gasteiger partial charge < -0.3 is 10.2 Å². The van der Waals surface area contributed by atoms with Crippen LogP contribution in [0.15, 0.2) is 67.3 Å². The van der Waals surface area contributed by atoms with Gasteiger partial charge in [-0.15, -0.1) is 0 Å². The first-order valence-electron chi connectivity index (χ1n) is 8.48. The largest absolute Gasteiger partial charge is 0.366 e. The zero-order chi connectivity index (χ0) is 17.5. The Kier molecular flexibility index (Phi) is 5.57. The predicted molar refractivity (Wildman–Crippen MR) is 101 cm³/mol. The Morgan fingerprint density at radius 3 is 2.44 bits per heavy atom. The van der Waals surface area contributed by atoms with E-state index in [1.54, 1.807) is 18.7 Å². The highest BCUT2D eigenvalue weighted by Crippen LogP contribution is 2.20. The van der Waals surface area contributed by atoms with Crippen LogP contribution in [-0.4, -0.2) is 21.0 Å². The molecule has 128 valence electrons. The van der Waals surface area contributed by atoms with E-state index in [1.807, 2.05) is 24.3 Å². The summed E-state index contributed by atoms with van der Waals surface area (Å²) in [6.45, 7) is 5.88. The van der Waals surface area contributed by atoms with Crippen molar-refractivity contribution in [3.8, 4) is 0 Å². The number of hydrogen-bond donors (Lipinski definition) is 1. The van der Waals surface area contributed by atoms with Crippen LogP contribution >= 0.6 is 0 Å². The number of nitrogens with zero attached hydrogens (tertiary/aromatic N) is 4. The highest BCUT2D eigenvalue weighted by molar-refractivity contribution is 5.49. The topological polar surface area (TPSA) is 53.9 Å². The third kappa shape index (κ3) is 4.76. The molecule has 3 aromatic rings. The standard InChI is InChI=1S/C20H23N5/c1-16(2)25(14-18-6-4-3-5-7-18)20-12-19(23-15-24-20)22-13-17-8-10-21-11-9-17/h3-12,15-16H,13-14H2,1-2H3,(H,22,23,24). The molecular weight excluding hydrogens is 310 g/mol. The van der Waals surface area contributed by atoms with Gasteiger partial charge >= 0.3 is 0 Å². The lowest BCUT2D eigenvalue weighted by atomic mass is 10.2. The Morgan fingerprint density at radius 2 is 1.72 bits per heavy atom. The fraction of sp³-hybridized carbons (Fsp3) is 0.250. The summed E-state index contributed by atoms with van der Waals surface area (Å²) in [6, 6.07) is 16.8. The van der Waals surface area contributed by atoms with Crippen molar-refractivity contribution < 1.29 is 0 Å². The van der Waals surface area contributed by atoms with Gasteiger partial charge in [0.05, 0.1) is 0 Å². The summed E-state index contributed by atoms with van der Waals surface area (Å²) in [6.07, 6.45) is 5.20. The molecule has 0 aliphatic carbocycles. The number of benzene rings is 1. The van der Waals surface area contributed by atoms with Crippen LogP contribution in [0.5, 0.6) is 0 Å². The Labute approximate surface area is 148 Å². The van der Waals surface area contributed by atoms with Crippen LogP contribution in [0.25, 0.3) is 0 Å². The lowest BCUT2D eigenvalue weighted by Gasteiger charge is -2.28. The molecule has 0 aliphatic heterocycles. The van der Waals surface area contributed by atoms with E-state index < -0.39 is 0 Å². The van der Waals surface area contributed by atoms with Gasteiger partial charge in [-0.2, -0.15) is 0 Å². The van der Waals surface area contributed by atoms with Crippen molar-refractivity contribution in [2.45, 2.75) is 33.0 Å². The summed E-state index contributed by atoms with van der Waals surface area (Å²) in [7, 11) is 0. The second-order valence-corrected chi connectivity index (χ2v) is 6.18. The van der Waals surface area contributed by atoms with Crippen molar-refractivity contribution in [2.75, 3.05) is 10.2 Å². The molecule has 0 saturated heterocycles. The summed E-state index contributed by atoms with van der Waals surface area (Å²) in [5.74, 6) is 1.74. The Morgan fingerprint density at radius 1 is 0.960 bits per heavy atom. The van der Waals surface area contributed by atoms with E-state index in [1.165, 1.54) is 11.1 Å². The van der Waals surface area contributed by atoms with Gasteiger partial charge in [0.15, 0.2) is 0 Å². The maximum atomic E-state index is 4.48. The van der Waals surface area contributed by atoms with Crippen LogP contribution in [0, 0.1) is 0 Å². The normalized spacial score (nSPS) is 10.7. The zero-order valence-electron chi connectivity index (χ0n) is 14.6. The Bertz CT molecular complexity index is 774. The molecule has 0 unspecified atom stereocenters. The zero-order valence-corrected chi connectivity index (χ0v) is 14.6. The van der Waals surface area contributed by atoms with Gasteiger partial charge in [0.25, 0.3) is 0 Å². The first-order valence-corrected chi connectivity index (χ1v) is 8.48. The number of nitrogens with one attached hydrogen (secondary N) is 1. The summed E-state index contributed by atoms with van der Waals surface area (Å²) in [4.78, 5) is 15.1. The van der Waals surface area contributed by atoms with Gasteiger partial charge in [-0.1, -0.05) is 30.3 Å². The van der Waals surface area contributed by atoms with Crippen LogP contribution in [0.1, 0.15) is 25.0 Å². The van der Waals surface area contributed by atoms with Crippen molar-refractivity contribution >= 4 is 11.6 Å². The molecule has 2 heterocycles. The number of anilines is 2. The molecule has 5 nitrogen and oxygen atoms in total. The van der Waals surface area contributed by atoms with E-state index in [-0.39, 0.29) is 0 Å². The third-order valence-corrected chi connectivity index (χ3v) is 3.99. The minimum atomic E-state index is 0.336. The fourth-order valence-corrected chi connectivity index (χ4v) is 2.60. The molecule has 0 atom stereocenters. The molecule has 25 heavy (non-hydrogen) atoms. The number of pyridine rings is 1. The molecule has 0 amide bonds. The lowest BCUT2D eigenvalue weighted by Crippen LogP contribution is -2.31. The first-order chi connectivity index (χ1) is 12.2. The van der Waals surface area contributed by atoms with Gasteiger partial charge in [-0.25, -0.2) is 9.97 Å². The van der Waals surface area contributed by atoms with Crippen LogP contribution in [0.4, 0.5) is 11.6 Å². The summed E-state index contributed by atoms with van der Waals surface area (Å²) in [5.41, 5.74) is 2.43. The van der Waals surface area contributed by atoms with Crippen LogP contribution in [0.3, 0.4) is 0 Å². The van der Waals surface area contributed by atoms with Gasteiger partial charge in [0.1, 0.15) is 18.0 Å². The highest BCUT2D eigenvalue weighted by atomic mass is 15.2. The SMILES string of the molecule is CC(C)N(Cc1ccccc1)c1cc(NCc2ccncc2)ncn1. The molecule has 0 spiro atoms. The van der Waals surface area contributed by atoms with Gasteiger partial charge in [0, 0.05) is 37.6 Å². The van der Waals surface area contributed by atoms with Crippen molar-refractivity contribution in [1.29, 1.82) is 0 Å². The number of aromatic nitrogens is 3. The van der Waals surface area contributed by atoms with E-state index in [9.17, 15) is 0 Å². The molecule has 0 saturated carbocycles. The molecule has 0 aliphatic rings. The van der Waals surface area contributed by atoms with Crippen molar-refractivity contribution in [2.24, 2.45) is 0 Å². The second-order valence-electron chi connectivity index (χ2n) is 6.18. The Balaban J connectivity index is 1.73. The fourth-order valence-electron chi connectivity index (χ4n) is 2.60. The monoisotopic (exact) mass is 333 g/mol. The lowest BCUT2D eigenvalue weighted by molar-refractivity contribution is 0.671. The molecule has 0 radical (unpaired) electrons. The maximum Gasteiger partial charge on any atom is 0.134 e. The van der Waals surface area contributed by atoms with E-state index >= 15 is 0 Å². The number of rotatable bonds is 7. The molecule has 5 heteroatoms.